The fourth-order valence-corrected chi connectivity index (χ4v) is 3.65. The van der Waals surface area contributed by atoms with Gasteiger partial charge in [0.15, 0.2) is 0 Å². The Morgan fingerprint density at radius 2 is 1.55 bits per heavy atom. The van der Waals surface area contributed by atoms with Crippen molar-refractivity contribution >= 4 is 39.9 Å². The molecule has 0 saturated heterocycles. The smallest absolute Gasteiger partial charge is 0.277 e. The highest BCUT2D eigenvalue weighted by atomic mass is 16.6. The number of hydrogen-bond acceptors (Lipinski definition) is 5. The first-order valence-corrected chi connectivity index (χ1v) is 9.60. The molecule has 1 aliphatic heterocycles. The third kappa shape index (κ3) is 3.42. The van der Waals surface area contributed by atoms with Crippen LogP contribution >= 0.6 is 0 Å². The molecule has 8 nitrogen and oxygen atoms in total. The zero-order valence-electron chi connectivity index (χ0n) is 17.1. The Hall–Kier alpha value is -4.07. The van der Waals surface area contributed by atoms with E-state index in [0.29, 0.717) is 11.3 Å². The number of benzene rings is 3. The number of carbonyl (C=O) groups excluding carboxylic acids is 3. The van der Waals surface area contributed by atoms with Gasteiger partial charge >= 0.3 is 0 Å². The SMILES string of the molecule is CC(C)(C)NC(=O)c1ccc(N2C(=O)c3cccc4c([N+](=O)[O-])ccc(c34)C2=O)cc1. The highest BCUT2D eigenvalue weighted by Gasteiger charge is 2.35. The number of nitro groups is 1. The minimum Gasteiger partial charge on any atom is -0.347 e. The Bertz CT molecular complexity index is 1250. The van der Waals surface area contributed by atoms with Crippen LogP contribution in [0.5, 0.6) is 0 Å². The summed E-state index contributed by atoms with van der Waals surface area (Å²) in [6.07, 6.45) is 0. The van der Waals surface area contributed by atoms with E-state index in [2.05, 4.69) is 5.32 Å². The van der Waals surface area contributed by atoms with E-state index in [1.165, 1.54) is 30.3 Å². The van der Waals surface area contributed by atoms with Gasteiger partial charge in [-0.3, -0.25) is 24.5 Å². The van der Waals surface area contributed by atoms with Crippen molar-refractivity contribution in [3.05, 3.63) is 81.4 Å². The summed E-state index contributed by atoms with van der Waals surface area (Å²) in [5, 5.41) is 14.7. The zero-order chi connectivity index (χ0) is 22.5. The summed E-state index contributed by atoms with van der Waals surface area (Å²) in [5.41, 5.74) is 0.566. The molecule has 156 valence electrons. The molecule has 0 fully saturated rings. The third-order valence-electron chi connectivity index (χ3n) is 4.96. The number of nitro benzene ring substituents is 1. The zero-order valence-corrected chi connectivity index (χ0v) is 17.1. The fraction of sp³-hybridized carbons (Fsp3) is 0.174. The number of hydrogen-bond donors (Lipinski definition) is 1. The third-order valence-corrected chi connectivity index (χ3v) is 4.96. The minimum absolute atomic E-state index is 0.163. The van der Waals surface area contributed by atoms with E-state index in [1.807, 2.05) is 20.8 Å². The maximum absolute atomic E-state index is 13.2. The molecule has 0 spiro atoms. The first kappa shape index (κ1) is 20.2. The number of carbonyl (C=O) groups is 3. The van der Waals surface area contributed by atoms with Crippen LogP contribution in [0, 0.1) is 10.1 Å². The molecule has 0 aliphatic carbocycles. The second kappa shape index (κ2) is 7.02. The van der Waals surface area contributed by atoms with Crippen LogP contribution in [0.15, 0.2) is 54.6 Å². The number of amides is 3. The summed E-state index contributed by atoms with van der Waals surface area (Å²) < 4.78 is 0. The first-order valence-electron chi connectivity index (χ1n) is 9.60. The highest BCUT2D eigenvalue weighted by molar-refractivity contribution is 6.36. The number of rotatable bonds is 3. The van der Waals surface area contributed by atoms with Crippen molar-refractivity contribution < 1.29 is 19.3 Å². The molecule has 1 aliphatic rings. The normalized spacial score (nSPS) is 13.5. The second-order valence-corrected chi connectivity index (χ2v) is 8.31. The van der Waals surface area contributed by atoms with Gasteiger partial charge in [-0.15, -0.1) is 0 Å². The van der Waals surface area contributed by atoms with Crippen LogP contribution in [0.4, 0.5) is 11.4 Å². The summed E-state index contributed by atoms with van der Waals surface area (Å²) >= 11 is 0. The van der Waals surface area contributed by atoms with E-state index in [1.54, 1.807) is 24.3 Å². The second-order valence-electron chi connectivity index (χ2n) is 8.31. The van der Waals surface area contributed by atoms with Crippen LogP contribution in [0.2, 0.25) is 0 Å². The Labute approximate surface area is 177 Å². The van der Waals surface area contributed by atoms with E-state index >= 15 is 0 Å². The van der Waals surface area contributed by atoms with Gasteiger partial charge < -0.3 is 5.32 Å². The van der Waals surface area contributed by atoms with Crippen molar-refractivity contribution in [2.45, 2.75) is 26.3 Å². The van der Waals surface area contributed by atoms with E-state index in [4.69, 9.17) is 0 Å². The summed E-state index contributed by atoms with van der Waals surface area (Å²) in [6, 6.07) is 13.4. The molecule has 0 radical (unpaired) electrons. The lowest BCUT2D eigenvalue weighted by molar-refractivity contribution is -0.383. The summed E-state index contributed by atoms with van der Waals surface area (Å²) in [5.74, 6) is -1.41. The van der Waals surface area contributed by atoms with Gasteiger partial charge in [0.05, 0.1) is 16.0 Å². The molecule has 3 aromatic rings. The number of nitrogens with zero attached hydrogens (tertiary/aromatic N) is 2. The molecule has 8 heteroatoms. The summed E-state index contributed by atoms with van der Waals surface area (Å²) in [6.45, 7) is 5.60. The molecule has 0 atom stereocenters. The fourth-order valence-electron chi connectivity index (χ4n) is 3.65. The van der Waals surface area contributed by atoms with Gasteiger partial charge in [-0.25, -0.2) is 4.90 Å². The lowest BCUT2D eigenvalue weighted by Gasteiger charge is -2.27. The topological polar surface area (TPSA) is 110 Å². The molecule has 1 heterocycles. The Morgan fingerprint density at radius 3 is 2.13 bits per heavy atom. The Kier molecular flexibility index (Phi) is 4.57. The van der Waals surface area contributed by atoms with Gasteiger partial charge in [0.2, 0.25) is 0 Å². The summed E-state index contributed by atoms with van der Waals surface area (Å²) in [7, 11) is 0. The maximum atomic E-state index is 13.2. The number of anilines is 1. The molecular formula is C23H19N3O5. The van der Waals surface area contributed by atoms with Gasteiger partial charge in [-0.1, -0.05) is 6.07 Å². The molecular weight excluding hydrogens is 398 g/mol. The van der Waals surface area contributed by atoms with Crippen molar-refractivity contribution in [1.29, 1.82) is 0 Å². The monoisotopic (exact) mass is 417 g/mol. The van der Waals surface area contributed by atoms with Gasteiger partial charge in [-0.2, -0.15) is 0 Å². The largest absolute Gasteiger partial charge is 0.347 e. The number of imide groups is 1. The molecule has 0 saturated carbocycles. The molecule has 0 aromatic heterocycles. The van der Waals surface area contributed by atoms with Crippen molar-refractivity contribution in [2.24, 2.45) is 0 Å². The average Bonchev–Trinajstić information content (AvgIpc) is 2.70. The average molecular weight is 417 g/mol. The first-order chi connectivity index (χ1) is 14.6. The van der Waals surface area contributed by atoms with Crippen LogP contribution in [0.1, 0.15) is 51.8 Å². The van der Waals surface area contributed by atoms with Gasteiger partial charge in [0.1, 0.15) is 0 Å². The molecule has 4 rings (SSSR count). The van der Waals surface area contributed by atoms with Crippen molar-refractivity contribution in [1.82, 2.24) is 5.32 Å². The molecule has 1 N–H and O–H groups in total. The predicted molar refractivity (Wildman–Crippen MR) is 115 cm³/mol. The number of non-ortho nitro benzene ring substituents is 1. The van der Waals surface area contributed by atoms with E-state index in [-0.39, 0.29) is 33.5 Å². The predicted octanol–water partition coefficient (Wildman–Crippen LogP) is 4.08. The van der Waals surface area contributed by atoms with E-state index < -0.39 is 22.3 Å². The lowest BCUT2D eigenvalue weighted by atomic mass is 9.92. The number of nitrogens with one attached hydrogen (secondary N) is 1. The molecule has 31 heavy (non-hydrogen) atoms. The standard InChI is InChI=1S/C23H19N3O5/c1-23(2,3)24-20(27)13-7-9-14(10-8-13)25-21(28)16-6-4-5-15-18(26(30)31)12-11-17(19(15)16)22(25)29/h4-12H,1-3H3,(H,24,27). The van der Waals surface area contributed by atoms with Crippen molar-refractivity contribution in [3.63, 3.8) is 0 Å². The van der Waals surface area contributed by atoms with Crippen LogP contribution in [-0.2, 0) is 0 Å². The van der Waals surface area contributed by atoms with Crippen LogP contribution < -0.4 is 10.2 Å². The van der Waals surface area contributed by atoms with Crippen molar-refractivity contribution in [3.8, 4) is 0 Å². The lowest BCUT2D eigenvalue weighted by Crippen LogP contribution is -2.41. The van der Waals surface area contributed by atoms with Gasteiger partial charge in [-0.05, 0) is 63.2 Å². The molecule has 0 unspecified atom stereocenters. The van der Waals surface area contributed by atoms with Crippen LogP contribution in [0.3, 0.4) is 0 Å². The molecule has 3 aromatic carbocycles. The van der Waals surface area contributed by atoms with Crippen LogP contribution in [0.25, 0.3) is 10.8 Å². The quantitative estimate of drug-likeness (QED) is 0.392. The highest BCUT2D eigenvalue weighted by Crippen LogP contribution is 2.36. The maximum Gasteiger partial charge on any atom is 0.277 e. The van der Waals surface area contributed by atoms with E-state index in [9.17, 15) is 24.5 Å². The van der Waals surface area contributed by atoms with E-state index in [0.717, 1.165) is 4.90 Å². The Balaban J connectivity index is 1.76. The minimum atomic E-state index is -0.574. The van der Waals surface area contributed by atoms with Gasteiger partial charge in [0, 0.05) is 33.7 Å². The van der Waals surface area contributed by atoms with Crippen LogP contribution in [-0.4, -0.2) is 28.2 Å². The van der Waals surface area contributed by atoms with Gasteiger partial charge in [0.25, 0.3) is 23.4 Å². The van der Waals surface area contributed by atoms with Crippen molar-refractivity contribution in [2.75, 3.05) is 4.90 Å². The molecule has 3 amide bonds. The Morgan fingerprint density at radius 1 is 0.935 bits per heavy atom. The summed E-state index contributed by atoms with van der Waals surface area (Å²) in [4.78, 5) is 50.5. The molecule has 0 bridgehead atoms.